The van der Waals surface area contributed by atoms with Gasteiger partial charge in [-0.2, -0.15) is 0 Å². The molecular formula is C13H15N5O2. The van der Waals surface area contributed by atoms with Crippen molar-refractivity contribution in [3.8, 4) is 0 Å². The molecule has 0 saturated heterocycles. The van der Waals surface area contributed by atoms with Crippen molar-refractivity contribution in [3.05, 3.63) is 42.1 Å². The highest BCUT2D eigenvalue weighted by Crippen LogP contribution is 2.26. The monoisotopic (exact) mass is 273 g/mol. The molecule has 0 saturated carbocycles. The van der Waals surface area contributed by atoms with Crippen LogP contribution in [0.2, 0.25) is 0 Å². The van der Waals surface area contributed by atoms with Crippen LogP contribution >= 0.6 is 0 Å². The molecule has 0 radical (unpaired) electrons. The molecule has 1 amide bonds. The van der Waals surface area contributed by atoms with Crippen LogP contribution in [0, 0.1) is 0 Å². The SMILES string of the molecule is CNC1C(=O)N(Cc2ncncn2)CCc2ccoc21. The molecule has 0 aromatic carbocycles. The fourth-order valence-corrected chi connectivity index (χ4v) is 2.39. The molecule has 7 nitrogen and oxygen atoms in total. The third-order valence-electron chi connectivity index (χ3n) is 3.42. The van der Waals surface area contributed by atoms with Gasteiger partial charge in [-0.25, -0.2) is 15.0 Å². The summed E-state index contributed by atoms with van der Waals surface area (Å²) in [6.45, 7) is 0.999. The number of hydrogen-bond acceptors (Lipinski definition) is 6. The normalized spacial score (nSPS) is 18.8. The van der Waals surface area contributed by atoms with Gasteiger partial charge in [0.25, 0.3) is 0 Å². The molecule has 1 aliphatic heterocycles. The Kier molecular flexibility index (Phi) is 3.42. The molecule has 1 unspecified atom stereocenters. The minimum atomic E-state index is -0.454. The van der Waals surface area contributed by atoms with Gasteiger partial charge in [-0.15, -0.1) is 0 Å². The molecule has 3 rings (SSSR count). The van der Waals surface area contributed by atoms with E-state index in [2.05, 4.69) is 20.3 Å². The average Bonchev–Trinajstić information content (AvgIpc) is 2.89. The minimum absolute atomic E-state index is 0.0263. The maximum atomic E-state index is 12.6. The minimum Gasteiger partial charge on any atom is -0.467 e. The first kappa shape index (κ1) is 12.7. The van der Waals surface area contributed by atoms with Crippen molar-refractivity contribution in [2.45, 2.75) is 19.0 Å². The molecule has 1 N–H and O–H groups in total. The molecule has 1 atom stereocenters. The molecule has 0 aliphatic carbocycles. The van der Waals surface area contributed by atoms with Crippen LogP contribution < -0.4 is 5.32 Å². The lowest BCUT2D eigenvalue weighted by Crippen LogP contribution is -2.39. The van der Waals surface area contributed by atoms with E-state index in [1.165, 1.54) is 12.7 Å². The van der Waals surface area contributed by atoms with Gasteiger partial charge < -0.3 is 14.6 Å². The van der Waals surface area contributed by atoms with Gasteiger partial charge in [0.2, 0.25) is 5.91 Å². The number of nitrogens with zero attached hydrogens (tertiary/aromatic N) is 4. The molecule has 1 aliphatic rings. The number of aromatic nitrogens is 3. The van der Waals surface area contributed by atoms with Crippen LogP contribution in [0.15, 0.2) is 29.4 Å². The highest BCUT2D eigenvalue weighted by molar-refractivity contribution is 5.83. The van der Waals surface area contributed by atoms with E-state index in [4.69, 9.17) is 4.42 Å². The molecule has 20 heavy (non-hydrogen) atoms. The van der Waals surface area contributed by atoms with Crippen molar-refractivity contribution in [1.29, 1.82) is 0 Å². The summed E-state index contributed by atoms with van der Waals surface area (Å²) in [7, 11) is 1.75. The van der Waals surface area contributed by atoms with E-state index >= 15 is 0 Å². The van der Waals surface area contributed by atoms with Crippen LogP contribution in [-0.4, -0.2) is 39.4 Å². The lowest BCUT2D eigenvalue weighted by Gasteiger charge is -2.23. The van der Waals surface area contributed by atoms with Gasteiger partial charge in [0, 0.05) is 6.54 Å². The Bertz CT molecular complexity index is 598. The smallest absolute Gasteiger partial charge is 0.248 e. The first-order valence-corrected chi connectivity index (χ1v) is 6.43. The van der Waals surface area contributed by atoms with Crippen LogP contribution in [0.1, 0.15) is 23.2 Å². The molecule has 2 aromatic rings. The van der Waals surface area contributed by atoms with E-state index in [0.29, 0.717) is 24.7 Å². The van der Waals surface area contributed by atoms with Gasteiger partial charge >= 0.3 is 0 Å². The predicted molar refractivity (Wildman–Crippen MR) is 69.5 cm³/mol. The standard InChI is InChI=1S/C13H15N5O2/c1-14-11-12-9(3-5-20-12)2-4-18(13(11)19)6-10-16-7-15-8-17-10/h3,5,7-8,11,14H,2,4,6H2,1H3. The molecule has 3 heterocycles. The number of rotatable bonds is 3. The van der Waals surface area contributed by atoms with Crippen LogP contribution in [0.3, 0.4) is 0 Å². The largest absolute Gasteiger partial charge is 0.467 e. The Labute approximate surface area is 116 Å². The molecule has 0 bridgehead atoms. The average molecular weight is 273 g/mol. The third kappa shape index (κ3) is 2.27. The summed E-state index contributed by atoms with van der Waals surface area (Å²) in [4.78, 5) is 26.2. The number of furan rings is 1. The summed E-state index contributed by atoms with van der Waals surface area (Å²) in [5, 5.41) is 3.01. The second-order valence-corrected chi connectivity index (χ2v) is 4.60. The summed E-state index contributed by atoms with van der Waals surface area (Å²) >= 11 is 0. The van der Waals surface area contributed by atoms with Gasteiger partial charge in [0.1, 0.15) is 24.5 Å². The molecule has 104 valence electrons. The maximum Gasteiger partial charge on any atom is 0.248 e. The van der Waals surface area contributed by atoms with Crippen molar-refractivity contribution in [3.63, 3.8) is 0 Å². The Morgan fingerprint density at radius 3 is 3.00 bits per heavy atom. The molecule has 7 heteroatoms. The second kappa shape index (κ2) is 5.38. The first-order valence-electron chi connectivity index (χ1n) is 6.43. The molecule has 0 fully saturated rings. The van der Waals surface area contributed by atoms with Crippen molar-refractivity contribution >= 4 is 5.91 Å². The Morgan fingerprint density at radius 1 is 1.45 bits per heavy atom. The summed E-state index contributed by atoms with van der Waals surface area (Å²) in [6.07, 6.45) is 5.26. The van der Waals surface area contributed by atoms with Crippen LogP contribution in [0.25, 0.3) is 0 Å². The molecule has 0 spiro atoms. The summed E-state index contributed by atoms with van der Waals surface area (Å²) < 4.78 is 5.46. The van der Waals surface area contributed by atoms with Crippen LogP contribution in [0.4, 0.5) is 0 Å². The topological polar surface area (TPSA) is 84.2 Å². The fourth-order valence-electron chi connectivity index (χ4n) is 2.39. The van der Waals surface area contributed by atoms with Gasteiger partial charge in [0.15, 0.2) is 5.82 Å². The zero-order chi connectivity index (χ0) is 13.9. The Balaban J connectivity index is 1.84. The number of carbonyl (C=O) groups is 1. The Morgan fingerprint density at radius 2 is 2.25 bits per heavy atom. The highest BCUT2D eigenvalue weighted by atomic mass is 16.3. The van der Waals surface area contributed by atoms with Crippen LogP contribution in [0.5, 0.6) is 0 Å². The predicted octanol–water partition coefficient (Wildman–Crippen LogP) is 0.310. The lowest BCUT2D eigenvalue weighted by atomic mass is 10.1. The van der Waals surface area contributed by atoms with Gasteiger partial charge in [-0.05, 0) is 25.1 Å². The van der Waals surface area contributed by atoms with Gasteiger partial charge in [-0.3, -0.25) is 4.79 Å². The number of nitrogens with one attached hydrogen (secondary N) is 1. The number of hydrogen-bond donors (Lipinski definition) is 1. The zero-order valence-electron chi connectivity index (χ0n) is 11.1. The fraction of sp³-hybridized carbons (Fsp3) is 0.385. The van der Waals surface area contributed by atoms with Crippen molar-refractivity contribution in [2.75, 3.05) is 13.6 Å². The van der Waals surface area contributed by atoms with E-state index in [1.54, 1.807) is 18.2 Å². The summed E-state index contributed by atoms with van der Waals surface area (Å²) in [6, 6.07) is 1.46. The molecule has 2 aromatic heterocycles. The van der Waals surface area contributed by atoms with Crippen molar-refractivity contribution in [1.82, 2.24) is 25.2 Å². The summed E-state index contributed by atoms with van der Waals surface area (Å²) in [5.74, 6) is 1.26. The van der Waals surface area contributed by atoms with E-state index in [1.807, 2.05) is 6.07 Å². The first-order chi connectivity index (χ1) is 9.79. The number of amides is 1. The van der Waals surface area contributed by atoms with Crippen LogP contribution in [-0.2, 0) is 17.8 Å². The summed E-state index contributed by atoms with van der Waals surface area (Å²) in [5.41, 5.74) is 1.07. The third-order valence-corrected chi connectivity index (χ3v) is 3.42. The highest BCUT2D eigenvalue weighted by Gasteiger charge is 2.32. The van der Waals surface area contributed by atoms with E-state index in [0.717, 1.165) is 12.0 Å². The number of fused-ring (bicyclic) bond motifs is 1. The quantitative estimate of drug-likeness (QED) is 0.866. The van der Waals surface area contributed by atoms with E-state index in [-0.39, 0.29) is 5.91 Å². The van der Waals surface area contributed by atoms with E-state index in [9.17, 15) is 4.79 Å². The Hall–Kier alpha value is -2.28. The molecular weight excluding hydrogens is 258 g/mol. The van der Waals surface area contributed by atoms with E-state index < -0.39 is 6.04 Å². The van der Waals surface area contributed by atoms with Gasteiger partial charge in [0.05, 0.1) is 12.8 Å². The lowest BCUT2D eigenvalue weighted by molar-refractivity contribution is -0.134. The van der Waals surface area contributed by atoms with Crippen molar-refractivity contribution < 1.29 is 9.21 Å². The van der Waals surface area contributed by atoms with Crippen molar-refractivity contribution in [2.24, 2.45) is 0 Å². The maximum absolute atomic E-state index is 12.6. The number of carbonyl (C=O) groups excluding carboxylic acids is 1. The second-order valence-electron chi connectivity index (χ2n) is 4.60. The van der Waals surface area contributed by atoms with Gasteiger partial charge in [-0.1, -0.05) is 0 Å². The number of likely N-dealkylation sites (N-methyl/N-ethyl adjacent to an activating group) is 1. The zero-order valence-corrected chi connectivity index (χ0v) is 11.1.